The Bertz CT molecular complexity index is 1330. The van der Waals surface area contributed by atoms with Gasteiger partial charge in [0.05, 0.1) is 22.2 Å². The Hall–Kier alpha value is -3.03. The fourth-order valence-electron chi connectivity index (χ4n) is 4.40. The van der Waals surface area contributed by atoms with Gasteiger partial charge in [0.25, 0.3) is 5.91 Å². The van der Waals surface area contributed by atoms with Gasteiger partial charge < -0.3 is 9.64 Å². The molecule has 5 rings (SSSR count). The minimum absolute atomic E-state index is 0.199. The van der Waals surface area contributed by atoms with Crippen LogP contribution in [0.4, 0.5) is 0 Å². The molecule has 1 aromatic heterocycles. The summed E-state index contributed by atoms with van der Waals surface area (Å²) < 4.78 is 7.67. The molecule has 37 heavy (non-hydrogen) atoms. The number of nitrogens with zero attached hydrogens (tertiary/aromatic N) is 4. The average Bonchev–Trinajstić information content (AvgIpc) is 3.50. The van der Waals surface area contributed by atoms with E-state index in [2.05, 4.69) is 23.7 Å². The van der Waals surface area contributed by atoms with Crippen LogP contribution in [-0.2, 0) is 4.79 Å². The molecule has 0 aliphatic carbocycles. The maximum Gasteiger partial charge on any atom is 0.286 e. The topological polar surface area (TPSA) is 59.7 Å². The number of halogens is 1. The lowest BCUT2D eigenvalue weighted by Gasteiger charge is -2.30. The molecule has 1 saturated heterocycles. The van der Waals surface area contributed by atoms with Gasteiger partial charge in [-0.1, -0.05) is 50.1 Å². The number of hydrogen-bond acceptors (Lipinski definition) is 5. The van der Waals surface area contributed by atoms with Crippen molar-refractivity contribution in [3.05, 3.63) is 70.2 Å². The van der Waals surface area contributed by atoms with Crippen LogP contribution >= 0.6 is 23.4 Å². The summed E-state index contributed by atoms with van der Waals surface area (Å²) in [5.74, 6) is 1.18. The number of thioether (sulfide) groups is 1. The van der Waals surface area contributed by atoms with Crippen molar-refractivity contribution in [2.45, 2.75) is 39.5 Å². The minimum atomic E-state index is -0.199. The van der Waals surface area contributed by atoms with Gasteiger partial charge in [-0.2, -0.15) is 10.1 Å². The molecule has 192 valence electrons. The third-order valence-corrected chi connectivity index (χ3v) is 8.01. The van der Waals surface area contributed by atoms with Crippen molar-refractivity contribution in [1.82, 2.24) is 14.7 Å². The number of likely N-dealkylation sites (tertiary alicyclic amines) is 1. The van der Waals surface area contributed by atoms with E-state index in [-0.39, 0.29) is 5.91 Å². The Morgan fingerprint density at radius 1 is 1.16 bits per heavy atom. The first-order valence-corrected chi connectivity index (χ1v) is 14.1. The van der Waals surface area contributed by atoms with Crippen LogP contribution in [0.25, 0.3) is 23.0 Å². The van der Waals surface area contributed by atoms with Crippen LogP contribution in [0.3, 0.4) is 0 Å². The second-order valence-corrected chi connectivity index (χ2v) is 11.0. The molecule has 0 saturated carbocycles. The lowest BCUT2D eigenvalue weighted by atomic mass is 10.00. The molecule has 0 N–H and O–H groups in total. The van der Waals surface area contributed by atoms with Gasteiger partial charge in [0.2, 0.25) is 0 Å². The monoisotopic (exact) mass is 534 g/mol. The van der Waals surface area contributed by atoms with Gasteiger partial charge in [0.1, 0.15) is 11.4 Å². The van der Waals surface area contributed by atoms with Crippen LogP contribution in [0.15, 0.2) is 64.6 Å². The molecular formula is C29H31ClN4O2S. The number of carbonyl (C=O) groups is 1. The van der Waals surface area contributed by atoms with Crippen molar-refractivity contribution in [2.75, 3.05) is 19.7 Å². The van der Waals surface area contributed by atoms with Gasteiger partial charge in [-0.25, -0.2) is 4.68 Å². The van der Waals surface area contributed by atoms with E-state index in [4.69, 9.17) is 21.4 Å². The second-order valence-electron chi connectivity index (χ2n) is 9.54. The van der Waals surface area contributed by atoms with E-state index in [0.29, 0.717) is 22.3 Å². The quantitative estimate of drug-likeness (QED) is 0.239. The van der Waals surface area contributed by atoms with Crippen LogP contribution in [0.1, 0.15) is 45.1 Å². The number of aliphatic imine (C=N–C) groups is 1. The first-order valence-electron chi connectivity index (χ1n) is 12.9. The van der Waals surface area contributed by atoms with Gasteiger partial charge in [-0.3, -0.25) is 4.79 Å². The molecule has 2 aromatic carbocycles. The first kappa shape index (κ1) is 25.6. The number of ether oxygens (including phenoxy) is 1. The highest BCUT2D eigenvalue weighted by Gasteiger charge is 2.29. The molecule has 3 aromatic rings. The van der Waals surface area contributed by atoms with E-state index in [1.54, 1.807) is 0 Å². The summed E-state index contributed by atoms with van der Waals surface area (Å²) in [6, 6.07) is 15.7. The highest BCUT2D eigenvalue weighted by Crippen LogP contribution is 2.36. The molecule has 2 aliphatic heterocycles. The van der Waals surface area contributed by atoms with Gasteiger partial charge in [-0.15, -0.1) is 0 Å². The number of carbonyl (C=O) groups excluding carboxylic acids is 1. The predicted octanol–water partition coefficient (Wildman–Crippen LogP) is 7.07. The molecule has 8 heteroatoms. The SMILES string of the molecule is CCCCOc1ccc(-c2nn(-c3ccccc3)cc2C=C2SC(N3CCC(C)CC3)=NC2=O)cc1Cl. The number of unbranched alkanes of at least 4 members (excludes halogenated alkanes) is 1. The van der Waals surface area contributed by atoms with Gasteiger partial charge in [0, 0.05) is 30.4 Å². The third kappa shape index (κ3) is 5.94. The summed E-state index contributed by atoms with van der Waals surface area (Å²) in [6.45, 7) is 6.92. The van der Waals surface area contributed by atoms with Gasteiger partial charge in [0.15, 0.2) is 5.17 Å². The van der Waals surface area contributed by atoms with E-state index in [1.807, 2.05) is 65.5 Å². The lowest BCUT2D eigenvalue weighted by Crippen LogP contribution is -2.35. The third-order valence-electron chi connectivity index (χ3n) is 6.67. The minimum Gasteiger partial charge on any atom is -0.492 e. The van der Waals surface area contributed by atoms with E-state index in [0.717, 1.165) is 72.4 Å². The molecule has 0 bridgehead atoms. The smallest absolute Gasteiger partial charge is 0.286 e. The molecule has 6 nitrogen and oxygen atoms in total. The fourth-order valence-corrected chi connectivity index (χ4v) is 5.59. The number of piperidine rings is 1. The maximum absolute atomic E-state index is 12.9. The summed E-state index contributed by atoms with van der Waals surface area (Å²) in [7, 11) is 0. The van der Waals surface area contributed by atoms with Crippen LogP contribution in [-0.4, -0.2) is 45.5 Å². The zero-order valence-electron chi connectivity index (χ0n) is 21.2. The number of amides is 1. The van der Waals surface area contributed by atoms with Crippen LogP contribution in [0.5, 0.6) is 5.75 Å². The summed E-state index contributed by atoms with van der Waals surface area (Å²) in [5.41, 5.74) is 3.37. The average molecular weight is 535 g/mol. The number of aromatic nitrogens is 2. The van der Waals surface area contributed by atoms with Crippen LogP contribution < -0.4 is 4.74 Å². The molecule has 0 radical (unpaired) electrons. The Morgan fingerprint density at radius 3 is 2.68 bits per heavy atom. The standard InChI is InChI=1S/C29H31ClN4O2S/c1-3-4-16-36-25-11-10-21(17-24(25)30)27-22(19-34(32-27)23-8-6-5-7-9-23)18-26-28(35)31-29(37-26)33-14-12-20(2)13-15-33/h5-11,17-20H,3-4,12-16H2,1-2H3. The second kappa shape index (κ2) is 11.6. The molecular weight excluding hydrogens is 504 g/mol. The molecule has 0 spiro atoms. The zero-order valence-corrected chi connectivity index (χ0v) is 22.8. The van der Waals surface area contributed by atoms with E-state index in [1.165, 1.54) is 11.8 Å². The predicted molar refractivity (Wildman–Crippen MR) is 152 cm³/mol. The molecule has 1 amide bonds. The Kier molecular flexibility index (Phi) is 8.01. The Morgan fingerprint density at radius 2 is 1.95 bits per heavy atom. The zero-order chi connectivity index (χ0) is 25.8. The number of para-hydroxylation sites is 1. The molecule has 3 heterocycles. The van der Waals surface area contributed by atoms with E-state index >= 15 is 0 Å². The normalized spacial score (nSPS) is 17.5. The van der Waals surface area contributed by atoms with Crippen molar-refractivity contribution in [1.29, 1.82) is 0 Å². The van der Waals surface area contributed by atoms with Gasteiger partial charge in [-0.05, 0) is 73.4 Å². The molecule has 2 aliphatic rings. The molecule has 0 atom stereocenters. The summed E-state index contributed by atoms with van der Waals surface area (Å²) in [4.78, 5) is 20.1. The van der Waals surface area contributed by atoms with Crippen molar-refractivity contribution in [3.63, 3.8) is 0 Å². The Balaban J connectivity index is 1.46. The number of hydrogen-bond donors (Lipinski definition) is 0. The van der Waals surface area contributed by atoms with E-state index in [9.17, 15) is 4.79 Å². The highest BCUT2D eigenvalue weighted by molar-refractivity contribution is 8.18. The Labute approximate surface area is 227 Å². The van der Waals surface area contributed by atoms with Crippen LogP contribution in [0.2, 0.25) is 5.02 Å². The van der Waals surface area contributed by atoms with Crippen molar-refractivity contribution < 1.29 is 9.53 Å². The number of rotatable bonds is 7. The number of benzene rings is 2. The van der Waals surface area contributed by atoms with Crippen molar-refractivity contribution >= 4 is 40.5 Å². The van der Waals surface area contributed by atoms with Crippen molar-refractivity contribution in [3.8, 4) is 22.7 Å². The molecule has 1 fully saturated rings. The van der Waals surface area contributed by atoms with Gasteiger partial charge >= 0.3 is 0 Å². The lowest BCUT2D eigenvalue weighted by molar-refractivity contribution is -0.113. The largest absolute Gasteiger partial charge is 0.492 e. The summed E-state index contributed by atoms with van der Waals surface area (Å²) in [5, 5.41) is 6.23. The van der Waals surface area contributed by atoms with E-state index < -0.39 is 0 Å². The van der Waals surface area contributed by atoms with Crippen molar-refractivity contribution in [2.24, 2.45) is 10.9 Å². The van der Waals surface area contributed by atoms with Crippen LogP contribution in [0, 0.1) is 5.92 Å². The summed E-state index contributed by atoms with van der Waals surface area (Å²) >= 11 is 8.04. The maximum atomic E-state index is 12.9. The molecule has 0 unspecified atom stereocenters. The number of amidine groups is 1. The fraction of sp³-hybridized carbons (Fsp3) is 0.345. The first-order chi connectivity index (χ1) is 18.0. The highest BCUT2D eigenvalue weighted by atomic mass is 35.5. The summed E-state index contributed by atoms with van der Waals surface area (Å²) in [6.07, 6.45) is 8.13.